The van der Waals surface area contributed by atoms with Crippen molar-refractivity contribution in [3.05, 3.63) is 11.7 Å². The van der Waals surface area contributed by atoms with Crippen molar-refractivity contribution in [3.8, 4) is 0 Å². The van der Waals surface area contributed by atoms with Crippen LogP contribution in [0.5, 0.6) is 0 Å². The van der Waals surface area contributed by atoms with Crippen LogP contribution in [0.2, 0.25) is 0 Å². The zero-order valence-corrected chi connectivity index (χ0v) is 7.27. The molecule has 5 heteroatoms. The molecule has 0 bridgehead atoms. The van der Waals surface area contributed by atoms with E-state index in [1.54, 1.807) is 0 Å². The highest BCUT2D eigenvalue weighted by molar-refractivity contribution is 4.98. The van der Waals surface area contributed by atoms with Gasteiger partial charge in [0.05, 0.1) is 0 Å². The molecule has 0 fully saturated rings. The molecule has 1 rings (SSSR count). The number of rotatable bonds is 1. The summed E-state index contributed by atoms with van der Waals surface area (Å²) in [4.78, 5) is 3.80. The number of nitrogens with zero attached hydrogens (tertiary/aromatic N) is 2. The third-order valence-electron chi connectivity index (χ3n) is 1.31. The van der Waals surface area contributed by atoms with E-state index in [0.29, 0.717) is 5.89 Å². The summed E-state index contributed by atoms with van der Waals surface area (Å²) in [6, 6.07) is 0. The molecule has 0 aromatic carbocycles. The van der Waals surface area contributed by atoms with Crippen LogP contribution in [0.25, 0.3) is 0 Å². The topological polar surface area (TPSA) is 79.4 Å². The van der Waals surface area contributed by atoms with E-state index in [0.717, 1.165) is 0 Å². The Balaban J connectivity index is 2.92. The van der Waals surface area contributed by atoms with Crippen LogP contribution in [0, 0.1) is 0 Å². The summed E-state index contributed by atoms with van der Waals surface area (Å²) < 4.78 is 4.81. The highest BCUT2D eigenvalue weighted by atomic mass is 16.5. The summed E-state index contributed by atoms with van der Waals surface area (Å²) in [6.45, 7) is 5.69. The lowest BCUT2D eigenvalue weighted by Gasteiger charge is -2.10. The summed E-state index contributed by atoms with van der Waals surface area (Å²) in [7, 11) is 0. The Hall–Kier alpha value is -0.940. The van der Waals surface area contributed by atoms with E-state index in [9.17, 15) is 0 Å². The van der Waals surface area contributed by atoms with Gasteiger partial charge in [-0.2, -0.15) is 4.98 Å². The van der Waals surface area contributed by atoms with Gasteiger partial charge in [0.2, 0.25) is 18.0 Å². The normalized spacial score (nSPS) is 12.5. The van der Waals surface area contributed by atoms with Crippen LogP contribution in [0.1, 0.15) is 38.8 Å². The van der Waals surface area contributed by atoms with Gasteiger partial charge in [-0.1, -0.05) is 25.9 Å². The van der Waals surface area contributed by atoms with E-state index >= 15 is 0 Å². The first-order valence-corrected chi connectivity index (χ1v) is 3.61. The van der Waals surface area contributed by atoms with E-state index < -0.39 is 6.29 Å². The lowest BCUT2D eigenvalue weighted by Crippen LogP contribution is -2.11. The number of aromatic nitrogens is 2. The maximum atomic E-state index is 8.67. The van der Waals surface area contributed by atoms with Crippen molar-refractivity contribution < 1.29 is 14.7 Å². The van der Waals surface area contributed by atoms with Gasteiger partial charge in [-0.05, 0) is 0 Å². The maximum Gasteiger partial charge on any atom is 0.232 e. The average molecular weight is 172 g/mol. The van der Waals surface area contributed by atoms with Crippen molar-refractivity contribution in [2.75, 3.05) is 0 Å². The maximum absolute atomic E-state index is 8.67. The highest BCUT2D eigenvalue weighted by Gasteiger charge is 2.23. The average Bonchev–Trinajstić information content (AvgIpc) is 2.30. The van der Waals surface area contributed by atoms with E-state index in [4.69, 9.17) is 14.7 Å². The smallest absolute Gasteiger partial charge is 0.232 e. The van der Waals surface area contributed by atoms with Crippen LogP contribution in [0.15, 0.2) is 4.52 Å². The van der Waals surface area contributed by atoms with Crippen molar-refractivity contribution in [1.29, 1.82) is 0 Å². The third-order valence-corrected chi connectivity index (χ3v) is 1.31. The second kappa shape index (κ2) is 2.84. The molecule has 5 nitrogen and oxygen atoms in total. The number of hydrogen-bond donors (Lipinski definition) is 2. The van der Waals surface area contributed by atoms with Gasteiger partial charge in [0.15, 0.2) is 0 Å². The molecule has 0 aliphatic heterocycles. The molecule has 1 aromatic rings. The molecule has 2 N–H and O–H groups in total. The molecule has 12 heavy (non-hydrogen) atoms. The van der Waals surface area contributed by atoms with Crippen LogP contribution < -0.4 is 0 Å². The Morgan fingerprint density at radius 2 is 1.92 bits per heavy atom. The molecule has 0 unspecified atom stereocenters. The monoisotopic (exact) mass is 172 g/mol. The van der Waals surface area contributed by atoms with E-state index in [1.165, 1.54) is 0 Å². The largest absolute Gasteiger partial charge is 0.362 e. The second-order valence-corrected chi connectivity index (χ2v) is 3.58. The van der Waals surface area contributed by atoms with Crippen molar-refractivity contribution in [1.82, 2.24) is 10.1 Å². The van der Waals surface area contributed by atoms with Crippen molar-refractivity contribution >= 4 is 0 Å². The van der Waals surface area contributed by atoms with Crippen LogP contribution in [0.3, 0.4) is 0 Å². The first kappa shape index (κ1) is 9.15. The third kappa shape index (κ3) is 1.80. The number of aliphatic hydroxyl groups is 2. The fraction of sp³-hybridized carbons (Fsp3) is 0.714. The van der Waals surface area contributed by atoms with Gasteiger partial charge in [0.1, 0.15) is 0 Å². The first-order valence-electron chi connectivity index (χ1n) is 3.61. The Kier molecular flexibility index (Phi) is 2.16. The predicted molar refractivity (Wildman–Crippen MR) is 40.2 cm³/mol. The highest BCUT2D eigenvalue weighted by Crippen LogP contribution is 2.20. The lowest BCUT2D eigenvalue weighted by atomic mass is 9.97. The fourth-order valence-corrected chi connectivity index (χ4v) is 0.644. The molecule has 1 aromatic heterocycles. The molecule has 0 aliphatic rings. The van der Waals surface area contributed by atoms with Gasteiger partial charge in [0.25, 0.3) is 0 Å². The molecule has 0 aliphatic carbocycles. The van der Waals surface area contributed by atoms with Crippen molar-refractivity contribution in [2.45, 2.75) is 32.5 Å². The molecule has 68 valence electrons. The molecular formula is C7H12N2O3. The van der Waals surface area contributed by atoms with Gasteiger partial charge >= 0.3 is 0 Å². The minimum atomic E-state index is -1.66. The number of aliphatic hydroxyl groups excluding tert-OH is 1. The van der Waals surface area contributed by atoms with Crippen molar-refractivity contribution in [3.63, 3.8) is 0 Å². The summed E-state index contributed by atoms with van der Waals surface area (Å²) in [5.74, 6) is 0.297. The van der Waals surface area contributed by atoms with E-state index in [-0.39, 0.29) is 11.2 Å². The second-order valence-electron chi connectivity index (χ2n) is 3.58. The Morgan fingerprint density at radius 3 is 2.17 bits per heavy atom. The van der Waals surface area contributed by atoms with Crippen LogP contribution >= 0.6 is 0 Å². The minimum absolute atomic E-state index is 0.0973. The molecule has 0 atom stereocenters. The zero-order valence-electron chi connectivity index (χ0n) is 7.27. The van der Waals surface area contributed by atoms with Gasteiger partial charge in [-0.25, -0.2) is 0 Å². The first-order chi connectivity index (χ1) is 5.41. The molecule has 0 amide bonds. The van der Waals surface area contributed by atoms with Crippen LogP contribution in [0.4, 0.5) is 0 Å². The minimum Gasteiger partial charge on any atom is -0.362 e. The van der Waals surface area contributed by atoms with Crippen molar-refractivity contribution in [2.24, 2.45) is 0 Å². The molecular weight excluding hydrogens is 160 g/mol. The van der Waals surface area contributed by atoms with Gasteiger partial charge in [-0.15, -0.1) is 0 Å². The van der Waals surface area contributed by atoms with Gasteiger partial charge in [0, 0.05) is 5.41 Å². The summed E-state index contributed by atoms with van der Waals surface area (Å²) in [5.41, 5.74) is -0.264. The van der Waals surface area contributed by atoms with Crippen LogP contribution in [-0.4, -0.2) is 20.4 Å². The Morgan fingerprint density at radius 1 is 1.33 bits per heavy atom. The molecule has 0 saturated carbocycles. The molecule has 0 saturated heterocycles. The summed E-state index contributed by atoms with van der Waals surface area (Å²) in [6.07, 6.45) is -1.66. The lowest BCUT2D eigenvalue weighted by molar-refractivity contribution is -0.0506. The van der Waals surface area contributed by atoms with E-state index in [1.807, 2.05) is 20.8 Å². The SMILES string of the molecule is CC(C)(C)c1nc(C(O)O)no1. The molecule has 0 spiro atoms. The summed E-state index contributed by atoms with van der Waals surface area (Å²) >= 11 is 0. The standard InChI is InChI=1S/C7H12N2O3/c1-7(2,3)6-8-4(5(10)11)9-12-6/h5,10-11H,1-3H3. The Bertz CT molecular complexity index is 262. The van der Waals surface area contributed by atoms with Gasteiger partial charge < -0.3 is 14.7 Å². The zero-order chi connectivity index (χ0) is 9.35. The fourth-order valence-electron chi connectivity index (χ4n) is 0.644. The van der Waals surface area contributed by atoms with E-state index in [2.05, 4.69) is 10.1 Å². The number of hydrogen-bond acceptors (Lipinski definition) is 5. The van der Waals surface area contributed by atoms with Crippen LogP contribution in [-0.2, 0) is 5.41 Å². The summed E-state index contributed by atoms with van der Waals surface area (Å²) in [5, 5.41) is 20.7. The Labute approximate surface area is 70.0 Å². The molecule has 0 radical (unpaired) electrons. The van der Waals surface area contributed by atoms with Gasteiger partial charge in [-0.3, -0.25) is 0 Å². The molecule has 1 heterocycles. The quantitative estimate of drug-likeness (QED) is 0.597. The predicted octanol–water partition coefficient (Wildman–Crippen LogP) is 0.350.